The zero-order valence-electron chi connectivity index (χ0n) is 14.3. The second-order valence-electron chi connectivity index (χ2n) is 6.48. The van der Waals surface area contributed by atoms with Crippen molar-refractivity contribution in [2.45, 2.75) is 33.6 Å². The third kappa shape index (κ3) is 4.03. The normalized spacial score (nSPS) is 17.6. The van der Waals surface area contributed by atoms with Gasteiger partial charge in [-0.15, -0.1) is 10.2 Å². The summed E-state index contributed by atoms with van der Waals surface area (Å²) in [6.45, 7) is 8.27. The van der Waals surface area contributed by atoms with Gasteiger partial charge in [-0.1, -0.05) is 36.0 Å². The van der Waals surface area contributed by atoms with Gasteiger partial charge in [-0.05, 0) is 44.2 Å². The van der Waals surface area contributed by atoms with Crippen LogP contribution in [-0.4, -0.2) is 29.3 Å². The fraction of sp³-hybridized carbons (Fsp3) is 0.471. The van der Waals surface area contributed by atoms with E-state index in [0.717, 1.165) is 29.5 Å². The van der Waals surface area contributed by atoms with Crippen LogP contribution >= 0.6 is 11.3 Å². The molecule has 2 N–H and O–H groups in total. The quantitative estimate of drug-likeness (QED) is 0.881. The van der Waals surface area contributed by atoms with Crippen molar-refractivity contribution >= 4 is 33.3 Å². The van der Waals surface area contributed by atoms with Gasteiger partial charge in [-0.25, -0.2) is 4.79 Å². The molecule has 1 aliphatic heterocycles. The average molecular weight is 345 g/mol. The van der Waals surface area contributed by atoms with E-state index < -0.39 is 0 Å². The molecule has 6 nitrogen and oxygen atoms in total. The van der Waals surface area contributed by atoms with Crippen molar-refractivity contribution in [3.63, 3.8) is 0 Å². The van der Waals surface area contributed by atoms with E-state index in [4.69, 9.17) is 0 Å². The smallest absolute Gasteiger partial charge is 0.325 e. The molecule has 0 radical (unpaired) electrons. The second kappa shape index (κ2) is 7.17. The summed E-state index contributed by atoms with van der Waals surface area (Å²) in [5.74, 6) is 0.673. The van der Waals surface area contributed by atoms with E-state index in [1.54, 1.807) is 0 Å². The average Bonchev–Trinajstić information content (AvgIpc) is 2.98. The lowest BCUT2D eigenvalue weighted by Crippen LogP contribution is -2.34. The molecule has 2 heterocycles. The lowest BCUT2D eigenvalue weighted by Gasteiger charge is -2.29. The lowest BCUT2D eigenvalue weighted by molar-refractivity contribution is 0.262. The van der Waals surface area contributed by atoms with Crippen molar-refractivity contribution < 1.29 is 4.79 Å². The highest BCUT2D eigenvalue weighted by molar-refractivity contribution is 7.19. The molecule has 0 bridgehead atoms. The minimum atomic E-state index is -0.295. The Kier molecular flexibility index (Phi) is 4.99. The number of rotatable bonds is 3. The van der Waals surface area contributed by atoms with Gasteiger partial charge in [-0.3, -0.25) is 5.32 Å². The molecule has 0 spiro atoms. The van der Waals surface area contributed by atoms with E-state index in [-0.39, 0.29) is 6.03 Å². The first kappa shape index (κ1) is 16.7. The van der Waals surface area contributed by atoms with Gasteiger partial charge in [0.2, 0.25) is 10.3 Å². The van der Waals surface area contributed by atoms with Crippen molar-refractivity contribution in [1.82, 2.24) is 10.2 Å². The molecule has 0 unspecified atom stereocenters. The first-order chi connectivity index (χ1) is 11.5. The molecule has 1 atom stereocenters. The Morgan fingerprint density at radius 2 is 2.12 bits per heavy atom. The number of piperidine rings is 1. The third-order valence-electron chi connectivity index (χ3n) is 4.19. The van der Waals surface area contributed by atoms with Gasteiger partial charge in [0.1, 0.15) is 0 Å². The van der Waals surface area contributed by atoms with Crippen molar-refractivity contribution in [3.05, 3.63) is 29.3 Å². The number of aromatic nitrogens is 2. The van der Waals surface area contributed by atoms with Crippen LogP contribution in [0.1, 0.15) is 30.9 Å². The van der Waals surface area contributed by atoms with E-state index in [1.165, 1.54) is 29.7 Å². The Hall–Kier alpha value is -2.15. The number of aryl methyl sites for hydroxylation is 2. The lowest BCUT2D eigenvalue weighted by atomic mass is 10.0. The van der Waals surface area contributed by atoms with Crippen LogP contribution in [0.4, 0.5) is 20.7 Å². The Bertz CT molecular complexity index is 730. The first-order valence-electron chi connectivity index (χ1n) is 8.25. The Morgan fingerprint density at radius 1 is 1.29 bits per heavy atom. The number of benzene rings is 1. The van der Waals surface area contributed by atoms with Crippen molar-refractivity contribution in [1.29, 1.82) is 0 Å². The van der Waals surface area contributed by atoms with Gasteiger partial charge in [0, 0.05) is 18.8 Å². The number of urea groups is 1. The molecule has 3 rings (SSSR count). The fourth-order valence-electron chi connectivity index (χ4n) is 2.96. The van der Waals surface area contributed by atoms with Gasteiger partial charge < -0.3 is 10.2 Å². The number of amides is 2. The highest BCUT2D eigenvalue weighted by Crippen LogP contribution is 2.28. The minimum Gasteiger partial charge on any atom is -0.346 e. The highest BCUT2D eigenvalue weighted by atomic mass is 32.1. The monoisotopic (exact) mass is 345 g/mol. The number of hydrogen-bond donors (Lipinski definition) is 2. The maximum atomic E-state index is 12.2. The molecule has 24 heavy (non-hydrogen) atoms. The molecule has 1 aliphatic rings. The first-order valence-corrected chi connectivity index (χ1v) is 9.06. The predicted octanol–water partition coefficient (Wildman–Crippen LogP) is 4.04. The van der Waals surface area contributed by atoms with Crippen LogP contribution in [0.5, 0.6) is 0 Å². The number of hydrogen-bond acceptors (Lipinski definition) is 5. The summed E-state index contributed by atoms with van der Waals surface area (Å²) in [5, 5.41) is 15.3. The maximum absolute atomic E-state index is 12.2. The summed E-state index contributed by atoms with van der Waals surface area (Å²) < 4.78 is 0. The molecule has 0 aliphatic carbocycles. The molecule has 128 valence electrons. The zero-order chi connectivity index (χ0) is 17.1. The molecule has 2 amide bonds. The molecule has 1 fully saturated rings. The maximum Gasteiger partial charge on any atom is 0.325 e. The van der Waals surface area contributed by atoms with Crippen molar-refractivity contribution in [2.75, 3.05) is 28.6 Å². The summed E-state index contributed by atoms with van der Waals surface area (Å²) in [7, 11) is 0. The summed E-state index contributed by atoms with van der Waals surface area (Å²) in [5.41, 5.74) is 3.00. The van der Waals surface area contributed by atoms with Crippen molar-refractivity contribution in [3.8, 4) is 0 Å². The van der Waals surface area contributed by atoms with E-state index in [1.807, 2.05) is 32.0 Å². The van der Waals surface area contributed by atoms with Crippen LogP contribution in [0, 0.1) is 19.8 Å². The predicted molar refractivity (Wildman–Crippen MR) is 99.1 cm³/mol. The van der Waals surface area contributed by atoms with Crippen LogP contribution < -0.4 is 15.5 Å². The molecular weight excluding hydrogens is 322 g/mol. The highest BCUT2D eigenvalue weighted by Gasteiger charge is 2.20. The summed E-state index contributed by atoms with van der Waals surface area (Å²) in [6, 6.07) is 5.63. The van der Waals surface area contributed by atoms with Gasteiger partial charge in [0.25, 0.3) is 0 Å². The molecule has 1 aromatic carbocycles. The fourth-order valence-corrected chi connectivity index (χ4v) is 3.74. The van der Waals surface area contributed by atoms with Gasteiger partial charge in [-0.2, -0.15) is 0 Å². The molecule has 2 aromatic rings. The van der Waals surface area contributed by atoms with Crippen LogP contribution in [0.2, 0.25) is 0 Å². The number of carbonyl (C=O) groups excluding carboxylic acids is 1. The molecule has 7 heteroatoms. The third-order valence-corrected chi connectivity index (χ3v) is 5.09. The van der Waals surface area contributed by atoms with Crippen LogP contribution in [-0.2, 0) is 0 Å². The summed E-state index contributed by atoms with van der Waals surface area (Å²) in [4.78, 5) is 14.4. The molecule has 1 saturated heterocycles. The zero-order valence-corrected chi connectivity index (χ0v) is 15.1. The van der Waals surface area contributed by atoms with Gasteiger partial charge in [0.05, 0.1) is 0 Å². The number of anilines is 3. The number of nitrogens with zero attached hydrogens (tertiary/aromatic N) is 3. The minimum absolute atomic E-state index is 0.295. The van der Waals surface area contributed by atoms with E-state index in [0.29, 0.717) is 11.0 Å². The topological polar surface area (TPSA) is 70.1 Å². The second-order valence-corrected chi connectivity index (χ2v) is 7.44. The molecule has 0 saturated carbocycles. The van der Waals surface area contributed by atoms with Crippen LogP contribution in [0.3, 0.4) is 0 Å². The SMILES string of the molecule is Cc1ccc(NC(=O)Nc2nnc(N3CCC[C@@H](C)C3)s2)c(C)c1. The van der Waals surface area contributed by atoms with E-state index in [2.05, 4.69) is 32.7 Å². The van der Waals surface area contributed by atoms with Crippen LogP contribution in [0.15, 0.2) is 18.2 Å². The van der Waals surface area contributed by atoms with E-state index >= 15 is 0 Å². The largest absolute Gasteiger partial charge is 0.346 e. The molecular formula is C17H23N5OS. The Morgan fingerprint density at radius 3 is 2.88 bits per heavy atom. The van der Waals surface area contributed by atoms with Crippen LogP contribution in [0.25, 0.3) is 0 Å². The summed E-state index contributed by atoms with van der Waals surface area (Å²) >= 11 is 1.42. The number of nitrogens with one attached hydrogen (secondary N) is 2. The Labute approximate surface area is 146 Å². The Balaban J connectivity index is 1.60. The number of carbonyl (C=O) groups is 1. The van der Waals surface area contributed by atoms with E-state index in [9.17, 15) is 4.79 Å². The van der Waals surface area contributed by atoms with Gasteiger partial charge in [0.15, 0.2) is 0 Å². The standard InChI is InChI=1S/C17H23N5OS/c1-11-6-7-14(13(3)9-11)18-15(23)19-16-20-21-17(24-16)22-8-4-5-12(2)10-22/h6-7,9,12H,4-5,8,10H2,1-3H3,(H2,18,19,20,23)/t12-/m1/s1. The van der Waals surface area contributed by atoms with Crippen molar-refractivity contribution in [2.24, 2.45) is 5.92 Å². The van der Waals surface area contributed by atoms with Gasteiger partial charge >= 0.3 is 6.03 Å². The summed E-state index contributed by atoms with van der Waals surface area (Å²) in [6.07, 6.45) is 2.44. The molecule has 1 aromatic heterocycles.